The molecular formula is C22H16FNO. The van der Waals surface area contributed by atoms with Crippen molar-refractivity contribution in [1.82, 2.24) is 4.98 Å². The van der Waals surface area contributed by atoms with E-state index in [1.165, 1.54) is 12.1 Å². The van der Waals surface area contributed by atoms with Crippen LogP contribution in [0.15, 0.2) is 83.7 Å². The van der Waals surface area contributed by atoms with Crippen LogP contribution in [0.1, 0.15) is 11.1 Å². The summed E-state index contributed by atoms with van der Waals surface area (Å²) < 4.78 is 13.6. The first-order valence-electron chi connectivity index (χ1n) is 8.16. The standard InChI is InChI=1S/C22H16FNO/c23-17-11-12-18-20(14-17)24-21(16-9-5-2-6-10-16)19(22(18)25)13-15-7-3-1-4-8-15/h1-12,14H,13H2,(H,24,25). The van der Waals surface area contributed by atoms with Crippen LogP contribution < -0.4 is 5.43 Å². The molecular weight excluding hydrogens is 313 g/mol. The summed E-state index contributed by atoms with van der Waals surface area (Å²) in [7, 11) is 0. The number of hydrogen-bond acceptors (Lipinski definition) is 1. The number of rotatable bonds is 3. The Labute approximate surface area is 144 Å². The van der Waals surface area contributed by atoms with Crippen molar-refractivity contribution in [3.8, 4) is 11.3 Å². The highest BCUT2D eigenvalue weighted by Crippen LogP contribution is 2.24. The zero-order valence-corrected chi connectivity index (χ0v) is 13.5. The molecule has 1 N–H and O–H groups in total. The Bertz CT molecular complexity index is 1090. The third-order valence-corrected chi connectivity index (χ3v) is 4.35. The molecule has 2 nitrogen and oxygen atoms in total. The van der Waals surface area contributed by atoms with Crippen LogP contribution in [0, 0.1) is 5.82 Å². The van der Waals surface area contributed by atoms with Crippen molar-refractivity contribution in [2.75, 3.05) is 0 Å². The van der Waals surface area contributed by atoms with E-state index in [0.717, 1.165) is 16.8 Å². The van der Waals surface area contributed by atoms with Crippen LogP contribution in [-0.2, 0) is 6.42 Å². The van der Waals surface area contributed by atoms with Gasteiger partial charge < -0.3 is 4.98 Å². The van der Waals surface area contributed by atoms with Crippen molar-refractivity contribution >= 4 is 10.9 Å². The van der Waals surface area contributed by atoms with Gasteiger partial charge >= 0.3 is 0 Å². The van der Waals surface area contributed by atoms with Gasteiger partial charge in [-0.2, -0.15) is 0 Å². The molecule has 0 bridgehead atoms. The van der Waals surface area contributed by atoms with Gasteiger partial charge in [0.15, 0.2) is 5.43 Å². The van der Waals surface area contributed by atoms with Crippen LogP contribution in [0.5, 0.6) is 0 Å². The quantitative estimate of drug-likeness (QED) is 0.568. The first kappa shape index (κ1) is 15.3. The number of benzene rings is 3. The van der Waals surface area contributed by atoms with Crippen LogP contribution in [-0.4, -0.2) is 4.98 Å². The summed E-state index contributed by atoms with van der Waals surface area (Å²) in [6.45, 7) is 0. The van der Waals surface area contributed by atoms with Crippen LogP contribution in [0.3, 0.4) is 0 Å². The Morgan fingerprint density at radius 1 is 0.840 bits per heavy atom. The first-order chi connectivity index (χ1) is 12.2. The van der Waals surface area contributed by atoms with Gasteiger partial charge in [0.05, 0.1) is 11.2 Å². The molecule has 0 saturated heterocycles. The zero-order chi connectivity index (χ0) is 17.2. The normalized spacial score (nSPS) is 10.9. The van der Waals surface area contributed by atoms with Gasteiger partial charge in [0.25, 0.3) is 0 Å². The third-order valence-electron chi connectivity index (χ3n) is 4.35. The molecule has 0 saturated carbocycles. The SMILES string of the molecule is O=c1c(Cc2ccccc2)c(-c2ccccc2)[nH]c2cc(F)ccc12. The Kier molecular flexibility index (Phi) is 3.90. The fraction of sp³-hybridized carbons (Fsp3) is 0.0455. The summed E-state index contributed by atoms with van der Waals surface area (Å²) in [5, 5.41) is 0.506. The van der Waals surface area contributed by atoms with E-state index in [2.05, 4.69) is 4.98 Å². The largest absolute Gasteiger partial charge is 0.354 e. The number of H-pyrrole nitrogens is 1. The molecule has 1 heterocycles. The van der Waals surface area contributed by atoms with Crippen molar-refractivity contribution < 1.29 is 4.39 Å². The Hall–Kier alpha value is -3.20. The molecule has 25 heavy (non-hydrogen) atoms. The van der Waals surface area contributed by atoms with Crippen molar-refractivity contribution in [1.29, 1.82) is 0 Å². The molecule has 0 atom stereocenters. The smallest absolute Gasteiger partial charge is 0.193 e. The van der Waals surface area contributed by atoms with E-state index in [4.69, 9.17) is 0 Å². The predicted molar refractivity (Wildman–Crippen MR) is 99.2 cm³/mol. The van der Waals surface area contributed by atoms with Gasteiger partial charge in [0.1, 0.15) is 5.82 Å². The lowest BCUT2D eigenvalue weighted by molar-refractivity contribution is 0.629. The highest BCUT2D eigenvalue weighted by atomic mass is 19.1. The second-order valence-corrected chi connectivity index (χ2v) is 6.03. The van der Waals surface area contributed by atoms with Gasteiger partial charge in [-0.05, 0) is 29.3 Å². The number of nitrogens with one attached hydrogen (secondary N) is 1. The molecule has 0 fully saturated rings. The average Bonchev–Trinajstić information content (AvgIpc) is 2.65. The van der Waals surface area contributed by atoms with Crippen molar-refractivity contribution in [2.45, 2.75) is 6.42 Å². The number of pyridine rings is 1. The Balaban J connectivity index is 1.99. The summed E-state index contributed by atoms with van der Waals surface area (Å²) in [6.07, 6.45) is 0.522. The Morgan fingerprint density at radius 3 is 2.24 bits per heavy atom. The van der Waals surface area contributed by atoms with Crippen molar-refractivity contribution in [3.63, 3.8) is 0 Å². The second-order valence-electron chi connectivity index (χ2n) is 6.03. The minimum absolute atomic E-state index is 0.0588. The maximum absolute atomic E-state index is 13.6. The minimum atomic E-state index is -0.363. The number of aromatic nitrogens is 1. The van der Waals surface area contributed by atoms with Gasteiger partial charge in [-0.1, -0.05) is 60.7 Å². The number of aromatic amines is 1. The second kappa shape index (κ2) is 6.36. The van der Waals surface area contributed by atoms with Crippen LogP contribution in [0.25, 0.3) is 22.2 Å². The molecule has 0 aliphatic carbocycles. The fourth-order valence-electron chi connectivity index (χ4n) is 3.12. The fourth-order valence-corrected chi connectivity index (χ4v) is 3.12. The summed E-state index contributed by atoms with van der Waals surface area (Å²) >= 11 is 0. The third kappa shape index (κ3) is 2.96. The minimum Gasteiger partial charge on any atom is -0.354 e. The monoisotopic (exact) mass is 329 g/mol. The van der Waals surface area contributed by atoms with Gasteiger partial charge in [-0.15, -0.1) is 0 Å². The summed E-state index contributed by atoms with van der Waals surface area (Å²) in [5.41, 5.74) is 3.87. The van der Waals surface area contributed by atoms with Crippen LogP contribution >= 0.6 is 0 Å². The van der Waals surface area contributed by atoms with E-state index in [9.17, 15) is 9.18 Å². The molecule has 0 radical (unpaired) electrons. The number of halogens is 1. The molecule has 0 spiro atoms. The maximum Gasteiger partial charge on any atom is 0.193 e. The van der Waals surface area contributed by atoms with Crippen LogP contribution in [0.4, 0.5) is 4.39 Å². The zero-order valence-electron chi connectivity index (χ0n) is 13.5. The van der Waals surface area contributed by atoms with Gasteiger partial charge in [-0.25, -0.2) is 4.39 Å². The van der Waals surface area contributed by atoms with E-state index in [1.54, 1.807) is 6.07 Å². The molecule has 3 heteroatoms. The lowest BCUT2D eigenvalue weighted by Gasteiger charge is -2.12. The van der Waals surface area contributed by atoms with E-state index in [0.29, 0.717) is 22.9 Å². The highest BCUT2D eigenvalue weighted by molar-refractivity contribution is 5.83. The lowest BCUT2D eigenvalue weighted by Crippen LogP contribution is -2.14. The molecule has 0 amide bonds. The van der Waals surface area contributed by atoms with Crippen molar-refractivity contribution in [2.24, 2.45) is 0 Å². The van der Waals surface area contributed by atoms with E-state index in [1.807, 2.05) is 60.7 Å². The van der Waals surface area contributed by atoms with E-state index in [-0.39, 0.29) is 11.2 Å². The molecule has 0 unspecified atom stereocenters. The van der Waals surface area contributed by atoms with Gasteiger partial charge in [-0.3, -0.25) is 4.79 Å². The van der Waals surface area contributed by atoms with E-state index >= 15 is 0 Å². The molecule has 122 valence electrons. The topological polar surface area (TPSA) is 32.9 Å². The predicted octanol–water partition coefficient (Wildman–Crippen LogP) is 4.93. The molecule has 1 aromatic heterocycles. The van der Waals surface area contributed by atoms with Gasteiger partial charge in [0, 0.05) is 17.4 Å². The molecule has 3 aromatic carbocycles. The molecule has 4 aromatic rings. The van der Waals surface area contributed by atoms with Crippen molar-refractivity contribution in [3.05, 3.63) is 106 Å². The molecule has 0 aliphatic heterocycles. The molecule has 4 rings (SSSR count). The highest BCUT2D eigenvalue weighted by Gasteiger charge is 2.14. The maximum atomic E-state index is 13.6. The summed E-state index contributed by atoms with van der Waals surface area (Å²) in [5.74, 6) is -0.363. The van der Waals surface area contributed by atoms with E-state index < -0.39 is 0 Å². The molecule has 0 aliphatic rings. The number of fused-ring (bicyclic) bond motifs is 1. The lowest BCUT2D eigenvalue weighted by atomic mass is 9.97. The summed E-state index contributed by atoms with van der Waals surface area (Å²) in [6, 6.07) is 23.8. The number of hydrogen-bond donors (Lipinski definition) is 1. The van der Waals surface area contributed by atoms with Gasteiger partial charge in [0.2, 0.25) is 0 Å². The summed E-state index contributed by atoms with van der Waals surface area (Å²) in [4.78, 5) is 16.4. The average molecular weight is 329 g/mol. The Morgan fingerprint density at radius 2 is 1.52 bits per heavy atom. The van der Waals surface area contributed by atoms with Crippen LogP contribution in [0.2, 0.25) is 0 Å². The first-order valence-corrected chi connectivity index (χ1v) is 8.16.